The molecular formula is C34H40B4F12N4O8. The third-order valence-corrected chi connectivity index (χ3v) is 6.46. The van der Waals surface area contributed by atoms with Gasteiger partial charge in [-0.3, -0.25) is 0 Å². The number of halogens is 12. The summed E-state index contributed by atoms with van der Waals surface area (Å²) in [5, 5.41) is 0. The molecule has 0 fully saturated rings. The molecule has 28 heteroatoms. The van der Waals surface area contributed by atoms with E-state index in [0.717, 1.165) is 49.6 Å². The Kier molecular flexibility index (Phi) is 31.1. The van der Waals surface area contributed by atoms with Crippen molar-refractivity contribution >= 4 is 53.5 Å². The zero-order chi connectivity index (χ0) is 44.2. The first kappa shape index (κ1) is 62.5. The van der Waals surface area contributed by atoms with Crippen molar-refractivity contribution in [1.29, 1.82) is 0 Å². The predicted molar refractivity (Wildman–Crippen MR) is 193 cm³/mol. The Morgan fingerprint density at radius 1 is 0.516 bits per heavy atom. The fraction of sp³-hybridized carbons (Fsp3) is 0.294. The van der Waals surface area contributed by atoms with Crippen LogP contribution in [0.2, 0.25) is 0 Å². The lowest BCUT2D eigenvalue weighted by Gasteiger charge is -2.19. The molecule has 0 aliphatic carbocycles. The summed E-state index contributed by atoms with van der Waals surface area (Å²) < 4.78 is 119. The molecular weight excluding hydrogens is 864 g/mol. The Bertz CT molecular complexity index is 1890. The first-order valence-electron chi connectivity index (χ1n) is 17.0. The minimum absolute atomic E-state index is 0. The van der Waals surface area contributed by atoms with Gasteiger partial charge in [-0.25, -0.2) is 71.6 Å². The second-order valence-electron chi connectivity index (χ2n) is 12.4. The summed E-state index contributed by atoms with van der Waals surface area (Å²) in [7, 11) is -9.15. The van der Waals surface area contributed by atoms with Gasteiger partial charge >= 0.3 is 53.5 Å². The molecule has 0 bridgehead atoms. The lowest BCUT2D eigenvalue weighted by molar-refractivity contribution is -0.554. The zero-order valence-corrected chi connectivity index (χ0v) is 33.9. The minimum atomic E-state index is -2.60. The summed E-state index contributed by atoms with van der Waals surface area (Å²) in [5.74, 6) is -2.07. The maximum absolute atomic E-state index is 12.2. The van der Waals surface area contributed by atoms with E-state index in [2.05, 4.69) is 4.74 Å². The Morgan fingerprint density at radius 2 is 0.774 bits per heavy atom. The summed E-state index contributed by atoms with van der Waals surface area (Å²) in [6.45, 7) is 10.6. The number of carbonyl (C=O) groups is 4. The third-order valence-electron chi connectivity index (χ3n) is 6.46. The van der Waals surface area contributed by atoms with Gasteiger partial charge < -0.3 is 37.8 Å². The van der Waals surface area contributed by atoms with Crippen molar-refractivity contribution in [3.8, 4) is 0 Å². The summed E-state index contributed by atoms with van der Waals surface area (Å²) in [5.41, 5.74) is 0.446. The highest BCUT2D eigenvalue weighted by Crippen LogP contribution is 2.11. The van der Waals surface area contributed by atoms with Crippen LogP contribution >= 0.6 is 0 Å². The number of ether oxygens (including phenoxy) is 4. The number of carbonyl (C=O) groups excluding carboxylic acids is 4. The van der Waals surface area contributed by atoms with Crippen molar-refractivity contribution in [3.63, 3.8) is 0 Å². The quantitative estimate of drug-likeness (QED) is 0.0668. The minimum Gasteiger partial charge on any atom is -1.00 e. The molecule has 4 heterocycles. The predicted octanol–water partition coefficient (Wildman–Crippen LogP) is -7.52. The van der Waals surface area contributed by atoms with Crippen molar-refractivity contribution < 1.29 is 109 Å². The number of methoxy groups -OCH3 is 1. The molecule has 12 nitrogen and oxygen atoms in total. The van der Waals surface area contributed by atoms with E-state index in [0.29, 0.717) is 17.9 Å². The van der Waals surface area contributed by atoms with E-state index >= 15 is 0 Å². The first-order chi connectivity index (χ1) is 27.1. The van der Waals surface area contributed by atoms with Crippen LogP contribution in [0.25, 0.3) is 0 Å². The van der Waals surface area contributed by atoms with Crippen LogP contribution in [-0.2, 0) is 18.9 Å². The molecule has 4 aromatic heterocycles. The van der Waals surface area contributed by atoms with E-state index in [1.807, 2.05) is 0 Å². The molecule has 0 saturated carbocycles. The number of nitrogens with zero attached hydrogens (tertiary/aromatic N) is 4. The summed E-state index contributed by atoms with van der Waals surface area (Å²) in [6, 6.07) is 10.4. The van der Waals surface area contributed by atoms with Gasteiger partial charge in [-0.2, -0.15) is 0 Å². The highest BCUT2D eigenvalue weighted by Gasteiger charge is 2.34. The second-order valence-corrected chi connectivity index (χ2v) is 12.4. The molecule has 0 aromatic carbocycles. The van der Waals surface area contributed by atoms with Crippen molar-refractivity contribution in [2.24, 2.45) is 0 Å². The molecule has 0 aliphatic rings. The highest BCUT2D eigenvalue weighted by atomic mass is 19.3. The van der Waals surface area contributed by atoms with Gasteiger partial charge in [-0.1, -0.05) is 0 Å². The van der Waals surface area contributed by atoms with Gasteiger partial charge in [-0.15, -0.1) is 0 Å². The Balaban J connectivity index is -0.000000355. The van der Waals surface area contributed by atoms with Crippen LogP contribution in [0, 0.1) is 0 Å². The molecule has 4 aromatic rings. The maximum Gasteiger partial charge on any atom is 0.934 e. The average Bonchev–Trinajstić information content (AvgIpc) is 3.17. The number of pyridine rings is 4. The van der Waals surface area contributed by atoms with Gasteiger partial charge in [0.25, 0.3) is 0 Å². The van der Waals surface area contributed by atoms with E-state index < -0.39 is 59.1 Å². The largest absolute Gasteiger partial charge is 1.00 e. The van der Waals surface area contributed by atoms with Gasteiger partial charge in [0.2, 0.25) is 0 Å². The van der Waals surface area contributed by atoms with Crippen LogP contribution in [0.1, 0.15) is 83.0 Å². The molecule has 0 N–H and O–H groups in total. The number of aromatic nitrogens is 4. The van der Waals surface area contributed by atoms with Crippen LogP contribution in [0.3, 0.4) is 0 Å². The van der Waals surface area contributed by atoms with Gasteiger partial charge in [0.1, 0.15) is 55.2 Å². The Morgan fingerprint density at radius 3 is 1.00 bits per heavy atom. The van der Waals surface area contributed by atoms with Gasteiger partial charge in [-0.05, 0) is 41.5 Å². The van der Waals surface area contributed by atoms with E-state index in [9.17, 15) is 53.7 Å². The highest BCUT2D eigenvalue weighted by molar-refractivity contribution is 6.32. The molecule has 340 valence electrons. The van der Waals surface area contributed by atoms with Crippen molar-refractivity contribution in [3.05, 3.63) is 120 Å². The SMILES string of the molecule is CC(C)(C)OC(=O)c1cc[n+](B(F)F)cc1.CC(C)OC(=O)c1cc[n+](B(F)F)cc1.CCOC(=O)c1cc[n+](B(F)F)cc1.COC(=O)c1cc[n+](B(F)F)cc1.[F-].[F-].[F-].[F-]. The van der Waals surface area contributed by atoms with E-state index in [1.165, 1.54) is 55.6 Å². The Labute approximate surface area is 350 Å². The second kappa shape index (κ2) is 30.9. The number of hydrogen-bond acceptors (Lipinski definition) is 8. The van der Waals surface area contributed by atoms with E-state index in [1.54, 1.807) is 41.5 Å². The normalized spacial score (nSPS) is 9.48. The monoisotopic (exact) mass is 904 g/mol. The number of hydrogen-bond donors (Lipinski definition) is 0. The van der Waals surface area contributed by atoms with E-state index in [-0.39, 0.29) is 53.8 Å². The molecule has 0 spiro atoms. The fourth-order valence-electron chi connectivity index (χ4n) is 3.77. The molecule has 0 saturated heterocycles. The summed E-state index contributed by atoms with van der Waals surface area (Å²) in [4.78, 5) is 44.8. The lowest BCUT2D eigenvalue weighted by atomic mass is 10.1. The van der Waals surface area contributed by atoms with Crippen molar-refractivity contribution in [1.82, 2.24) is 0 Å². The standard InChI is InChI=1S/C10H13BF2NO2.C9H11BF2NO2.C8H9BF2NO2.C7H7BF2NO2.4FH/c1-10(2,3)16-9(15)8-4-6-14(7-5-8)11(12)13;1-7(2)15-9(14)8-3-5-13(6-4-8)10(11)12;1-2-14-8(13)7-3-5-12(6-4-7)9(10)11;1-13-7(12)6-2-4-11(5-3-6)8(9)10;;;;/h4-7H,1-3H3;3-7H,1-2H3;3-6H,2H2,1H3;2-5H,1H3;4*1H/q4*+1;;;;/p-4. The molecule has 0 unspecified atom stereocenters. The van der Waals surface area contributed by atoms with Crippen LogP contribution in [0.4, 0.5) is 34.5 Å². The van der Waals surface area contributed by atoms with Crippen LogP contribution < -0.4 is 36.7 Å². The van der Waals surface area contributed by atoms with Gasteiger partial charge in [0, 0.05) is 48.5 Å². The third kappa shape index (κ3) is 23.6. The smallest absolute Gasteiger partial charge is 0.934 e. The average molecular weight is 904 g/mol. The zero-order valence-electron chi connectivity index (χ0n) is 33.9. The van der Waals surface area contributed by atoms with Crippen LogP contribution in [-0.4, -0.2) is 78.9 Å². The molecule has 0 amide bonds. The van der Waals surface area contributed by atoms with Crippen molar-refractivity contribution in [2.75, 3.05) is 13.7 Å². The summed E-state index contributed by atoms with van der Waals surface area (Å²) in [6.07, 6.45) is 8.86. The molecule has 0 atom stereocenters. The number of rotatable bonds is 10. The van der Waals surface area contributed by atoms with Gasteiger partial charge in [0.05, 0.1) is 42.1 Å². The van der Waals surface area contributed by atoms with Gasteiger partial charge in [0.15, 0.2) is 0 Å². The molecule has 62 heavy (non-hydrogen) atoms. The van der Waals surface area contributed by atoms with Crippen molar-refractivity contribution in [2.45, 2.75) is 53.2 Å². The van der Waals surface area contributed by atoms with Crippen LogP contribution in [0.5, 0.6) is 0 Å². The van der Waals surface area contributed by atoms with E-state index in [4.69, 9.17) is 14.2 Å². The van der Waals surface area contributed by atoms with Crippen LogP contribution in [0.15, 0.2) is 98.1 Å². The first-order valence-corrected chi connectivity index (χ1v) is 17.0. The summed E-state index contributed by atoms with van der Waals surface area (Å²) >= 11 is 0. The Hall–Kier alpha value is -6.10. The molecule has 0 radical (unpaired) electrons. The fourth-order valence-corrected chi connectivity index (χ4v) is 3.77. The topological polar surface area (TPSA) is 121 Å². The maximum atomic E-state index is 12.2. The number of esters is 4. The molecule has 4 rings (SSSR count). The molecule has 0 aliphatic heterocycles. The lowest BCUT2D eigenvalue weighted by Crippen LogP contribution is -3.00.